The molecule has 0 aliphatic rings. The third-order valence-corrected chi connectivity index (χ3v) is 2.22. The summed E-state index contributed by atoms with van der Waals surface area (Å²) >= 11 is 0. The lowest BCUT2D eigenvalue weighted by molar-refractivity contribution is -0.142. The van der Waals surface area contributed by atoms with Crippen LogP contribution in [-0.4, -0.2) is 24.7 Å². The second kappa shape index (κ2) is 6.73. The minimum Gasteiger partial charge on any atom is -0.353 e. The SMILES string of the molecule is CCCC(CN)C(=O)NC(C)CC(F)(F)F. The Morgan fingerprint density at radius 1 is 1.44 bits per heavy atom. The standard InChI is InChI=1S/C10H19F3N2O/c1-3-4-8(6-14)9(16)15-7(2)5-10(11,12)13/h7-8H,3-6,14H2,1-2H3,(H,15,16). The number of nitrogens with two attached hydrogens (primary N) is 1. The van der Waals surface area contributed by atoms with Crippen LogP contribution >= 0.6 is 0 Å². The van der Waals surface area contributed by atoms with Crippen molar-refractivity contribution in [3.63, 3.8) is 0 Å². The first-order valence-corrected chi connectivity index (χ1v) is 5.37. The summed E-state index contributed by atoms with van der Waals surface area (Å²) in [6, 6.07) is -0.904. The lowest BCUT2D eigenvalue weighted by Gasteiger charge is -2.19. The van der Waals surface area contributed by atoms with Crippen molar-refractivity contribution in [3.8, 4) is 0 Å². The highest BCUT2D eigenvalue weighted by Crippen LogP contribution is 2.21. The van der Waals surface area contributed by atoms with Gasteiger partial charge in [-0.3, -0.25) is 4.79 Å². The van der Waals surface area contributed by atoms with E-state index in [1.54, 1.807) is 0 Å². The van der Waals surface area contributed by atoms with Crippen LogP contribution in [0.3, 0.4) is 0 Å². The van der Waals surface area contributed by atoms with Crippen LogP contribution in [0.15, 0.2) is 0 Å². The molecule has 3 N–H and O–H groups in total. The maximum atomic E-state index is 12.0. The molecule has 0 saturated carbocycles. The summed E-state index contributed by atoms with van der Waals surface area (Å²) in [6.45, 7) is 3.40. The fourth-order valence-electron chi connectivity index (χ4n) is 1.46. The second-order valence-corrected chi connectivity index (χ2v) is 3.95. The number of nitrogens with one attached hydrogen (secondary N) is 1. The molecule has 0 aliphatic carbocycles. The normalized spacial score (nSPS) is 15.6. The Bertz CT molecular complexity index is 219. The summed E-state index contributed by atoms with van der Waals surface area (Å²) in [7, 11) is 0. The van der Waals surface area contributed by atoms with E-state index in [4.69, 9.17) is 5.73 Å². The van der Waals surface area contributed by atoms with Gasteiger partial charge >= 0.3 is 6.18 Å². The monoisotopic (exact) mass is 240 g/mol. The Morgan fingerprint density at radius 2 is 2.00 bits per heavy atom. The molecule has 0 radical (unpaired) electrons. The van der Waals surface area contributed by atoms with Gasteiger partial charge in [-0.15, -0.1) is 0 Å². The van der Waals surface area contributed by atoms with Gasteiger partial charge in [0.2, 0.25) is 5.91 Å². The minimum absolute atomic E-state index is 0.165. The zero-order chi connectivity index (χ0) is 12.8. The molecule has 0 bridgehead atoms. The molecule has 6 heteroatoms. The van der Waals surface area contributed by atoms with E-state index in [0.717, 1.165) is 6.42 Å². The molecule has 0 aromatic heterocycles. The summed E-state index contributed by atoms with van der Waals surface area (Å²) < 4.78 is 36.0. The molecule has 16 heavy (non-hydrogen) atoms. The van der Waals surface area contributed by atoms with Crippen molar-refractivity contribution in [2.45, 2.75) is 45.3 Å². The number of amides is 1. The van der Waals surface area contributed by atoms with Crippen LogP contribution in [0.25, 0.3) is 0 Å². The second-order valence-electron chi connectivity index (χ2n) is 3.95. The van der Waals surface area contributed by atoms with E-state index in [9.17, 15) is 18.0 Å². The van der Waals surface area contributed by atoms with Gasteiger partial charge in [-0.2, -0.15) is 13.2 Å². The number of halogens is 3. The zero-order valence-corrected chi connectivity index (χ0v) is 9.60. The Balaban J connectivity index is 4.11. The summed E-state index contributed by atoms with van der Waals surface area (Å²) in [5.74, 6) is -0.776. The molecule has 0 aromatic rings. The molecule has 0 fully saturated rings. The summed E-state index contributed by atoms with van der Waals surface area (Å²) in [5.41, 5.74) is 5.38. The first-order chi connectivity index (χ1) is 7.30. The summed E-state index contributed by atoms with van der Waals surface area (Å²) in [6.07, 6.45) is -3.89. The van der Waals surface area contributed by atoms with Gasteiger partial charge in [-0.25, -0.2) is 0 Å². The van der Waals surface area contributed by atoms with Crippen LogP contribution < -0.4 is 11.1 Å². The van der Waals surface area contributed by atoms with E-state index in [0.29, 0.717) is 6.42 Å². The highest BCUT2D eigenvalue weighted by atomic mass is 19.4. The number of alkyl halides is 3. The van der Waals surface area contributed by atoms with Crippen LogP contribution in [0.4, 0.5) is 13.2 Å². The maximum Gasteiger partial charge on any atom is 0.391 e. The van der Waals surface area contributed by atoms with E-state index >= 15 is 0 Å². The highest BCUT2D eigenvalue weighted by molar-refractivity contribution is 5.79. The van der Waals surface area contributed by atoms with Gasteiger partial charge in [0.05, 0.1) is 12.3 Å². The molecule has 0 aliphatic heterocycles. The van der Waals surface area contributed by atoms with Crippen LogP contribution in [0.2, 0.25) is 0 Å². The van der Waals surface area contributed by atoms with E-state index < -0.39 is 18.6 Å². The molecule has 2 unspecified atom stereocenters. The first kappa shape index (κ1) is 15.2. The Morgan fingerprint density at radius 3 is 2.38 bits per heavy atom. The average molecular weight is 240 g/mol. The van der Waals surface area contributed by atoms with Crippen molar-refractivity contribution in [3.05, 3.63) is 0 Å². The topological polar surface area (TPSA) is 55.1 Å². The molecule has 96 valence electrons. The van der Waals surface area contributed by atoms with Crippen LogP contribution in [0.5, 0.6) is 0 Å². The molecular weight excluding hydrogens is 221 g/mol. The van der Waals surface area contributed by atoms with Gasteiger partial charge in [0.1, 0.15) is 0 Å². The van der Waals surface area contributed by atoms with Crippen molar-refractivity contribution in [1.29, 1.82) is 0 Å². The molecule has 0 saturated heterocycles. The Labute approximate surface area is 93.6 Å². The van der Waals surface area contributed by atoms with Crippen LogP contribution in [0, 0.1) is 5.92 Å². The van der Waals surface area contributed by atoms with E-state index in [1.165, 1.54) is 6.92 Å². The first-order valence-electron chi connectivity index (χ1n) is 5.37. The quantitative estimate of drug-likeness (QED) is 0.744. The van der Waals surface area contributed by atoms with Crippen LogP contribution in [-0.2, 0) is 4.79 Å². The number of carbonyl (C=O) groups excluding carboxylic acids is 1. The molecule has 3 nitrogen and oxygen atoms in total. The number of carbonyl (C=O) groups is 1. The van der Waals surface area contributed by atoms with E-state index in [-0.39, 0.29) is 18.4 Å². The highest BCUT2D eigenvalue weighted by Gasteiger charge is 2.31. The Kier molecular flexibility index (Phi) is 6.40. The van der Waals surface area contributed by atoms with Gasteiger partial charge in [-0.05, 0) is 13.3 Å². The third kappa shape index (κ3) is 6.66. The largest absolute Gasteiger partial charge is 0.391 e. The number of hydrogen-bond donors (Lipinski definition) is 2. The van der Waals surface area contributed by atoms with Crippen LogP contribution in [0.1, 0.15) is 33.1 Å². The van der Waals surface area contributed by atoms with Gasteiger partial charge in [0.15, 0.2) is 0 Å². The predicted molar refractivity (Wildman–Crippen MR) is 55.7 cm³/mol. The zero-order valence-electron chi connectivity index (χ0n) is 9.60. The fraction of sp³-hybridized carbons (Fsp3) is 0.900. The molecule has 0 spiro atoms. The summed E-state index contributed by atoms with van der Waals surface area (Å²) in [4.78, 5) is 11.5. The van der Waals surface area contributed by atoms with E-state index in [1.807, 2.05) is 6.92 Å². The van der Waals surface area contributed by atoms with Gasteiger partial charge in [0, 0.05) is 12.6 Å². The maximum absolute atomic E-state index is 12.0. The lowest BCUT2D eigenvalue weighted by Crippen LogP contribution is -2.41. The van der Waals surface area contributed by atoms with Gasteiger partial charge in [-0.1, -0.05) is 13.3 Å². The van der Waals surface area contributed by atoms with Crippen molar-refractivity contribution in [2.75, 3.05) is 6.54 Å². The molecule has 2 atom stereocenters. The molecular formula is C10H19F3N2O. The number of hydrogen-bond acceptors (Lipinski definition) is 2. The van der Waals surface area contributed by atoms with Gasteiger partial charge < -0.3 is 11.1 Å². The van der Waals surface area contributed by atoms with Crippen molar-refractivity contribution in [2.24, 2.45) is 11.7 Å². The van der Waals surface area contributed by atoms with Crippen molar-refractivity contribution >= 4 is 5.91 Å². The molecule has 1 amide bonds. The summed E-state index contributed by atoms with van der Waals surface area (Å²) in [5, 5.41) is 2.33. The van der Waals surface area contributed by atoms with Crippen molar-refractivity contribution in [1.82, 2.24) is 5.32 Å². The molecule has 0 rings (SSSR count). The molecule has 0 heterocycles. The molecule has 0 aromatic carbocycles. The fourth-order valence-corrected chi connectivity index (χ4v) is 1.46. The third-order valence-electron chi connectivity index (χ3n) is 2.22. The van der Waals surface area contributed by atoms with Crippen molar-refractivity contribution < 1.29 is 18.0 Å². The minimum atomic E-state index is -4.25. The van der Waals surface area contributed by atoms with E-state index in [2.05, 4.69) is 5.32 Å². The lowest BCUT2D eigenvalue weighted by atomic mass is 10.0. The van der Waals surface area contributed by atoms with Gasteiger partial charge in [0.25, 0.3) is 0 Å². The average Bonchev–Trinajstić information content (AvgIpc) is 2.10. The smallest absolute Gasteiger partial charge is 0.353 e. The number of rotatable bonds is 6. The predicted octanol–water partition coefficient (Wildman–Crippen LogP) is 1.82. The Hall–Kier alpha value is -0.780.